The molecule has 54 heavy (non-hydrogen) atoms. The maximum absolute atomic E-state index is 14.0. The van der Waals surface area contributed by atoms with Gasteiger partial charge in [-0.05, 0) is 85.9 Å². The number of amides is 5. The van der Waals surface area contributed by atoms with Gasteiger partial charge in [0.15, 0.2) is 5.82 Å². The average molecular weight is 731 g/mol. The molecule has 1 saturated carbocycles. The summed E-state index contributed by atoms with van der Waals surface area (Å²) in [5.41, 5.74) is 19.0. The highest BCUT2D eigenvalue weighted by Crippen LogP contribution is 2.47. The Hall–Kier alpha value is -5.95. The number of anilines is 1. The molecule has 2 aliphatic rings. The van der Waals surface area contributed by atoms with Crippen molar-refractivity contribution in [1.29, 1.82) is 0 Å². The van der Waals surface area contributed by atoms with Crippen molar-refractivity contribution in [2.75, 3.05) is 18.4 Å². The Kier molecular flexibility index (Phi) is 10.9. The third kappa shape index (κ3) is 8.47. The number of nitrogens with zero attached hydrogens (tertiary/aromatic N) is 2. The summed E-state index contributed by atoms with van der Waals surface area (Å²) in [5, 5.41) is 11.1. The summed E-state index contributed by atoms with van der Waals surface area (Å²) in [4.78, 5) is 74.7. The Morgan fingerprint density at radius 3 is 2.28 bits per heavy atom. The van der Waals surface area contributed by atoms with Crippen molar-refractivity contribution in [2.45, 2.75) is 77.3 Å². The number of hydrogen-bond acceptors (Lipinski definition) is 8. The summed E-state index contributed by atoms with van der Waals surface area (Å²) in [6.45, 7) is 7.38. The van der Waals surface area contributed by atoms with Gasteiger partial charge < -0.3 is 32.7 Å². The molecule has 3 aromatic carbocycles. The number of hydrogen-bond donors (Lipinski definition) is 6. The van der Waals surface area contributed by atoms with Crippen LogP contribution in [-0.4, -0.2) is 64.7 Å². The van der Waals surface area contributed by atoms with Crippen molar-refractivity contribution in [3.63, 3.8) is 0 Å². The number of carbonyl (C=O) groups is 5. The third-order valence-electron chi connectivity index (χ3n) is 10.2. The predicted molar refractivity (Wildman–Crippen MR) is 205 cm³/mol. The van der Waals surface area contributed by atoms with Crippen LogP contribution in [0.5, 0.6) is 0 Å². The van der Waals surface area contributed by atoms with Crippen LogP contribution >= 0.6 is 0 Å². The lowest BCUT2D eigenvalue weighted by atomic mass is 9.93. The van der Waals surface area contributed by atoms with E-state index in [1.54, 1.807) is 32.0 Å². The van der Waals surface area contributed by atoms with Gasteiger partial charge in [0.1, 0.15) is 12.1 Å². The highest BCUT2D eigenvalue weighted by atomic mass is 16.2. The van der Waals surface area contributed by atoms with Crippen LogP contribution in [0.4, 0.5) is 5.69 Å². The van der Waals surface area contributed by atoms with Crippen LogP contribution in [0.2, 0.25) is 0 Å². The van der Waals surface area contributed by atoms with Gasteiger partial charge >= 0.3 is 0 Å². The third-order valence-corrected chi connectivity index (χ3v) is 10.2. The molecular weight excluding hydrogens is 685 g/mol. The van der Waals surface area contributed by atoms with Gasteiger partial charge in [-0.2, -0.15) is 0 Å². The maximum Gasteiger partial charge on any atom is 0.255 e. The first-order valence-corrected chi connectivity index (χ1v) is 18.1. The number of carbonyl (C=O) groups excluding carboxylic acids is 5. The number of rotatable bonds is 9. The van der Waals surface area contributed by atoms with Crippen molar-refractivity contribution in [3.8, 4) is 22.5 Å². The van der Waals surface area contributed by atoms with Crippen LogP contribution in [-0.2, 0) is 37.4 Å². The van der Waals surface area contributed by atoms with Gasteiger partial charge in [-0.25, -0.2) is 9.97 Å². The number of aryl methyl sites for hydroxylation is 3. The van der Waals surface area contributed by atoms with E-state index in [1.165, 1.54) is 18.4 Å². The Balaban J connectivity index is 1.28. The van der Waals surface area contributed by atoms with Gasteiger partial charge in [0.05, 0.1) is 35.6 Å². The monoisotopic (exact) mass is 730 g/mol. The van der Waals surface area contributed by atoms with E-state index in [2.05, 4.69) is 50.3 Å². The highest BCUT2D eigenvalue weighted by Gasteiger charge is 2.38. The number of benzene rings is 3. The predicted octanol–water partition coefficient (Wildman–Crippen LogP) is 3.06. The van der Waals surface area contributed by atoms with Crippen LogP contribution < -0.4 is 32.7 Å². The normalized spacial score (nSPS) is 16.9. The molecule has 13 heteroatoms. The van der Waals surface area contributed by atoms with Gasteiger partial charge in [0.25, 0.3) is 5.91 Å². The second kappa shape index (κ2) is 15.6. The van der Waals surface area contributed by atoms with Crippen LogP contribution in [0.15, 0.2) is 60.7 Å². The minimum absolute atomic E-state index is 0.000628. The molecule has 2 atom stereocenters. The number of primary amides is 1. The van der Waals surface area contributed by atoms with E-state index in [4.69, 9.17) is 11.5 Å². The van der Waals surface area contributed by atoms with E-state index in [0.717, 1.165) is 5.56 Å². The summed E-state index contributed by atoms with van der Waals surface area (Å²) in [6, 6.07) is 17.1. The van der Waals surface area contributed by atoms with E-state index < -0.39 is 35.7 Å². The second-order valence-corrected chi connectivity index (χ2v) is 14.5. The Morgan fingerprint density at radius 2 is 1.63 bits per heavy atom. The summed E-state index contributed by atoms with van der Waals surface area (Å²) in [5.74, 6) is -2.13. The smallest absolute Gasteiger partial charge is 0.255 e. The number of nitrogens with one attached hydrogen (secondary N) is 4. The van der Waals surface area contributed by atoms with Crippen LogP contribution in [0.25, 0.3) is 22.5 Å². The molecule has 1 aromatic heterocycles. The molecule has 2 heterocycles. The SMILES string of the molecule is Cc1cc2cc(c1NC(=O)[C@H](CCN)NC(=O)c1c(C)nc(-c3ccc(C4(C)CC4)cc3)nc1C)-c1cccc(c1)CC(=O)NCC(=O)NC(C(N)=O)C2. The first kappa shape index (κ1) is 37.8. The summed E-state index contributed by atoms with van der Waals surface area (Å²) < 4.78 is 0. The van der Waals surface area contributed by atoms with Crippen LogP contribution in [0, 0.1) is 20.8 Å². The molecule has 13 nitrogen and oxygen atoms in total. The van der Waals surface area contributed by atoms with Crippen molar-refractivity contribution in [3.05, 3.63) is 99.9 Å². The fourth-order valence-corrected chi connectivity index (χ4v) is 6.90. The average Bonchev–Trinajstić information content (AvgIpc) is 3.88. The first-order valence-electron chi connectivity index (χ1n) is 18.1. The summed E-state index contributed by atoms with van der Waals surface area (Å²) in [7, 11) is 0. The lowest BCUT2D eigenvalue weighted by Crippen LogP contribution is -2.49. The van der Waals surface area contributed by atoms with Gasteiger partial charge in [-0.3, -0.25) is 24.0 Å². The number of nitrogens with two attached hydrogens (primary N) is 2. The Bertz CT molecular complexity index is 2120. The minimum Gasteiger partial charge on any atom is -0.368 e. The standard InChI is InChI=1S/C41H46N8O5/c1-22-16-26-18-30(28-7-5-6-25(17-28)20-33(50)44-21-34(51)47-32(19-26)37(43)52)36(22)49-39(53)31(12-15-42)48-40(54)35-23(2)45-38(46-24(35)3)27-8-10-29(11-9-27)41(4)13-14-41/h5-11,16-18,31-32H,12-15,19-21,42H2,1-4H3,(H2,43,52)(H,44,50)(H,47,51)(H,48,54)(H,49,53)/t31-,32?/m0/s1. The van der Waals surface area contributed by atoms with Crippen molar-refractivity contribution >= 4 is 35.2 Å². The molecule has 5 amide bonds. The van der Waals surface area contributed by atoms with Gasteiger partial charge in [0, 0.05) is 17.5 Å². The molecule has 8 N–H and O–H groups in total. The molecule has 1 aliphatic heterocycles. The van der Waals surface area contributed by atoms with E-state index in [0.29, 0.717) is 50.7 Å². The number of fused-ring (bicyclic) bond motifs is 5. The lowest BCUT2D eigenvalue weighted by molar-refractivity contribution is -0.128. The van der Waals surface area contributed by atoms with E-state index >= 15 is 0 Å². The Morgan fingerprint density at radius 1 is 0.926 bits per heavy atom. The molecule has 0 radical (unpaired) electrons. The largest absolute Gasteiger partial charge is 0.368 e. The van der Waals surface area contributed by atoms with Gasteiger partial charge in [-0.1, -0.05) is 61.5 Å². The lowest BCUT2D eigenvalue weighted by Gasteiger charge is -2.23. The van der Waals surface area contributed by atoms with E-state index in [9.17, 15) is 24.0 Å². The first-order chi connectivity index (χ1) is 25.7. The second-order valence-electron chi connectivity index (χ2n) is 14.5. The maximum atomic E-state index is 14.0. The summed E-state index contributed by atoms with van der Waals surface area (Å²) in [6.07, 6.45) is 2.58. The fraction of sp³-hybridized carbons (Fsp3) is 0.341. The molecule has 4 bridgehead atoms. The van der Waals surface area contributed by atoms with E-state index in [1.807, 2.05) is 37.3 Å². The zero-order chi connectivity index (χ0) is 38.7. The molecule has 1 aliphatic carbocycles. The molecule has 0 saturated heterocycles. The zero-order valence-corrected chi connectivity index (χ0v) is 31.0. The molecular formula is C41H46N8O5. The molecule has 4 aromatic rings. The minimum atomic E-state index is -1.04. The summed E-state index contributed by atoms with van der Waals surface area (Å²) >= 11 is 0. The van der Waals surface area contributed by atoms with Crippen LogP contribution in [0.3, 0.4) is 0 Å². The van der Waals surface area contributed by atoms with Crippen molar-refractivity contribution in [1.82, 2.24) is 25.9 Å². The molecule has 6 rings (SSSR count). The van der Waals surface area contributed by atoms with Crippen LogP contribution in [0.1, 0.15) is 70.2 Å². The molecule has 0 spiro atoms. The van der Waals surface area contributed by atoms with Crippen molar-refractivity contribution in [2.24, 2.45) is 11.5 Å². The molecule has 1 unspecified atom stereocenters. The van der Waals surface area contributed by atoms with E-state index in [-0.39, 0.29) is 49.2 Å². The highest BCUT2D eigenvalue weighted by molar-refractivity contribution is 6.04. The molecule has 1 fully saturated rings. The fourth-order valence-electron chi connectivity index (χ4n) is 6.90. The molecule has 280 valence electrons. The van der Waals surface area contributed by atoms with Gasteiger partial charge in [0.2, 0.25) is 23.6 Å². The van der Waals surface area contributed by atoms with Gasteiger partial charge in [-0.15, -0.1) is 0 Å². The topological polar surface area (TPSA) is 211 Å². The van der Waals surface area contributed by atoms with Crippen molar-refractivity contribution < 1.29 is 24.0 Å². The quantitative estimate of drug-likeness (QED) is 0.150. The Labute approximate surface area is 314 Å². The zero-order valence-electron chi connectivity index (χ0n) is 31.0. The number of aromatic nitrogens is 2.